The lowest BCUT2D eigenvalue weighted by atomic mass is 10.1. The van der Waals surface area contributed by atoms with Crippen LogP contribution in [0.3, 0.4) is 0 Å². The average Bonchev–Trinajstić information content (AvgIpc) is 2.52. The second-order valence-electron chi connectivity index (χ2n) is 6.68. The molecule has 1 aromatic carbocycles. The smallest absolute Gasteiger partial charge is 0.408 e. The van der Waals surface area contributed by atoms with E-state index in [1.807, 2.05) is 57.2 Å². The Hall–Kier alpha value is -2.08. The lowest BCUT2D eigenvalue weighted by molar-refractivity contribution is 0.0487. The van der Waals surface area contributed by atoms with Crippen molar-refractivity contribution in [2.24, 2.45) is 0 Å². The molecule has 0 aliphatic carbocycles. The molecule has 0 aliphatic heterocycles. The van der Waals surface area contributed by atoms with Gasteiger partial charge < -0.3 is 14.8 Å². The summed E-state index contributed by atoms with van der Waals surface area (Å²) in [5, 5.41) is 2.89. The molecule has 1 aromatic heterocycles. The number of nitrogens with one attached hydrogen (secondary N) is 1. The van der Waals surface area contributed by atoms with Gasteiger partial charge in [0.05, 0.1) is 12.2 Å². The molecule has 0 radical (unpaired) electrons. The molecule has 2 rings (SSSR count). The second-order valence-corrected chi connectivity index (χ2v) is 7.60. The molecule has 5 nitrogen and oxygen atoms in total. The summed E-state index contributed by atoms with van der Waals surface area (Å²) in [6, 6.07) is 11.5. The van der Waals surface area contributed by atoms with Gasteiger partial charge >= 0.3 is 6.09 Å². The minimum absolute atomic E-state index is 0.226. The van der Waals surface area contributed by atoms with Crippen LogP contribution in [0.25, 0.3) is 0 Å². The van der Waals surface area contributed by atoms with Crippen molar-refractivity contribution in [3.8, 4) is 5.75 Å². The maximum Gasteiger partial charge on any atom is 0.408 e. The summed E-state index contributed by atoms with van der Waals surface area (Å²) < 4.78 is 12.0. The van der Waals surface area contributed by atoms with Crippen LogP contribution in [0.4, 0.5) is 4.79 Å². The Morgan fingerprint density at radius 3 is 2.60 bits per heavy atom. The van der Waals surface area contributed by atoms with Gasteiger partial charge in [-0.2, -0.15) is 0 Å². The monoisotopic (exact) mass is 406 g/mol. The Balaban J connectivity index is 2.01. The molecule has 2 aromatic rings. The molecule has 0 saturated carbocycles. The van der Waals surface area contributed by atoms with Crippen LogP contribution in [-0.2, 0) is 11.2 Å². The first-order valence-corrected chi connectivity index (χ1v) is 8.88. The average molecular weight is 407 g/mol. The summed E-state index contributed by atoms with van der Waals surface area (Å²) >= 11 is 3.36. The zero-order valence-electron chi connectivity index (χ0n) is 14.7. The molecule has 0 aliphatic rings. The highest BCUT2D eigenvalue weighted by Crippen LogP contribution is 2.16. The number of benzene rings is 1. The van der Waals surface area contributed by atoms with Gasteiger partial charge in [0.1, 0.15) is 18.0 Å². The Labute approximate surface area is 156 Å². The van der Waals surface area contributed by atoms with E-state index < -0.39 is 11.7 Å². The van der Waals surface area contributed by atoms with Crippen molar-refractivity contribution < 1.29 is 14.3 Å². The van der Waals surface area contributed by atoms with Crippen LogP contribution in [0.1, 0.15) is 26.3 Å². The molecule has 0 spiro atoms. The number of carbonyl (C=O) groups excluding carboxylic acids is 1. The number of rotatable bonds is 6. The molecule has 6 heteroatoms. The van der Waals surface area contributed by atoms with Gasteiger partial charge in [0, 0.05) is 10.7 Å². The molecule has 0 fully saturated rings. The van der Waals surface area contributed by atoms with Crippen molar-refractivity contribution in [1.29, 1.82) is 0 Å². The number of amides is 1. The van der Waals surface area contributed by atoms with Gasteiger partial charge in [-0.05, 0) is 54.8 Å². The molecule has 25 heavy (non-hydrogen) atoms. The first kappa shape index (κ1) is 19.2. The number of halogens is 1. The van der Waals surface area contributed by atoms with Crippen molar-refractivity contribution in [1.82, 2.24) is 10.3 Å². The number of aromatic nitrogens is 1. The van der Waals surface area contributed by atoms with E-state index in [4.69, 9.17) is 9.47 Å². The van der Waals surface area contributed by atoms with Crippen LogP contribution in [0, 0.1) is 0 Å². The van der Waals surface area contributed by atoms with E-state index >= 15 is 0 Å². The molecular weight excluding hydrogens is 384 g/mol. The van der Waals surface area contributed by atoms with Crippen molar-refractivity contribution in [3.05, 3.63) is 58.8 Å². The van der Waals surface area contributed by atoms with Gasteiger partial charge in [0.15, 0.2) is 0 Å². The van der Waals surface area contributed by atoms with E-state index in [2.05, 4.69) is 26.2 Å². The molecule has 134 valence electrons. The van der Waals surface area contributed by atoms with E-state index in [0.717, 1.165) is 10.0 Å². The molecule has 1 unspecified atom stereocenters. The Morgan fingerprint density at radius 2 is 1.96 bits per heavy atom. The summed E-state index contributed by atoms with van der Waals surface area (Å²) in [6.45, 7) is 5.82. The maximum atomic E-state index is 12.1. The van der Waals surface area contributed by atoms with E-state index in [0.29, 0.717) is 18.8 Å². The lowest BCUT2D eigenvalue weighted by Crippen LogP contribution is -2.43. The third kappa shape index (κ3) is 7.56. The Bertz CT molecular complexity index is 687. The van der Waals surface area contributed by atoms with Crippen LogP contribution in [0.15, 0.2) is 53.3 Å². The minimum atomic E-state index is -0.545. The third-order valence-electron chi connectivity index (χ3n) is 3.18. The molecule has 1 heterocycles. The van der Waals surface area contributed by atoms with E-state index in [1.54, 1.807) is 12.4 Å². The van der Waals surface area contributed by atoms with Crippen molar-refractivity contribution in [2.45, 2.75) is 38.8 Å². The highest BCUT2D eigenvalue weighted by Gasteiger charge is 2.20. The van der Waals surface area contributed by atoms with Crippen LogP contribution >= 0.6 is 15.9 Å². The lowest BCUT2D eigenvalue weighted by Gasteiger charge is -2.24. The van der Waals surface area contributed by atoms with Crippen molar-refractivity contribution in [3.63, 3.8) is 0 Å². The zero-order valence-corrected chi connectivity index (χ0v) is 16.2. The molecule has 0 bridgehead atoms. The van der Waals surface area contributed by atoms with Crippen LogP contribution < -0.4 is 10.1 Å². The summed E-state index contributed by atoms with van der Waals surface area (Å²) in [5.41, 5.74) is 0.565. The summed E-state index contributed by atoms with van der Waals surface area (Å²) in [4.78, 5) is 16.2. The van der Waals surface area contributed by atoms with Gasteiger partial charge in [-0.1, -0.05) is 30.3 Å². The third-order valence-corrected chi connectivity index (χ3v) is 3.61. The Kier molecular flexibility index (Phi) is 6.82. The second kappa shape index (κ2) is 8.85. The number of carbonyl (C=O) groups is 1. The fourth-order valence-corrected chi connectivity index (χ4v) is 2.54. The number of nitrogens with zero attached hydrogens (tertiary/aromatic N) is 1. The van der Waals surface area contributed by atoms with Crippen molar-refractivity contribution in [2.75, 3.05) is 6.61 Å². The number of hydrogen-bond acceptors (Lipinski definition) is 4. The number of hydrogen-bond donors (Lipinski definition) is 1. The van der Waals surface area contributed by atoms with Gasteiger partial charge in [0.2, 0.25) is 0 Å². The van der Waals surface area contributed by atoms with Crippen molar-refractivity contribution >= 4 is 22.0 Å². The molecule has 1 atom stereocenters. The fourth-order valence-electron chi connectivity index (χ4n) is 2.19. The Morgan fingerprint density at radius 1 is 1.24 bits per heavy atom. The highest BCUT2D eigenvalue weighted by molar-refractivity contribution is 9.10. The first-order valence-electron chi connectivity index (χ1n) is 8.08. The predicted octanol–water partition coefficient (Wildman–Crippen LogP) is 4.36. The van der Waals surface area contributed by atoms with Gasteiger partial charge in [-0.15, -0.1) is 0 Å². The van der Waals surface area contributed by atoms with Crippen LogP contribution in [0.2, 0.25) is 0 Å². The SMILES string of the molecule is CC(C)(C)OC(=O)NC(COc1cncc(Br)c1)Cc1ccccc1. The maximum absolute atomic E-state index is 12.1. The van der Waals surface area contributed by atoms with Crippen LogP contribution in [0.5, 0.6) is 5.75 Å². The van der Waals surface area contributed by atoms with Gasteiger partial charge in [0.25, 0.3) is 0 Å². The molecule has 1 amide bonds. The minimum Gasteiger partial charge on any atom is -0.490 e. The normalized spacial score (nSPS) is 12.3. The summed E-state index contributed by atoms with van der Waals surface area (Å²) in [6.07, 6.45) is 3.51. The predicted molar refractivity (Wildman–Crippen MR) is 101 cm³/mol. The zero-order chi connectivity index (χ0) is 18.3. The highest BCUT2D eigenvalue weighted by atomic mass is 79.9. The quantitative estimate of drug-likeness (QED) is 0.773. The first-order chi connectivity index (χ1) is 11.8. The number of pyridine rings is 1. The number of alkyl carbamates (subject to hydrolysis) is 1. The van der Waals surface area contributed by atoms with Crippen LogP contribution in [-0.4, -0.2) is 29.3 Å². The standard InChI is InChI=1S/C19H23BrN2O3/c1-19(2,3)25-18(23)22-16(9-14-7-5-4-6-8-14)13-24-17-10-15(20)11-21-12-17/h4-8,10-12,16H,9,13H2,1-3H3,(H,22,23). The topological polar surface area (TPSA) is 60.5 Å². The fraction of sp³-hybridized carbons (Fsp3) is 0.368. The largest absolute Gasteiger partial charge is 0.490 e. The summed E-state index contributed by atoms with van der Waals surface area (Å²) in [5.74, 6) is 0.637. The van der Waals surface area contributed by atoms with Gasteiger partial charge in [-0.25, -0.2) is 4.79 Å². The molecular formula is C19H23BrN2O3. The number of ether oxygens (including phenoxy) is 2. The van der Waals surface area contributed by atoms with E-state index in [9.17, 15) is 4.79 Å². The van der Waals surface area contributed by atoms with E-state index in [1.165, 1.54) is 0 Å². The molecule has 1 N–H and O–H groups in total. The van der Waals surface area contributed by atoms with E-state index in [-0.39, 0.29) is 6.04 Å². The van der Waals surface area contributed by atoms with Gasteiger partial charge in [-0.3, -0.25) is 4.98 Å². The summed E-state index contributed by atoms with van der Waals surface area (Å²) in [7, 11) is 0. The molecule has 0 saturated heterocycles.